The number of carbonyl (C=O) groups excluding carboxylic acids is 2. The van der Waals surface area contributed by atoms with Gasteiger partial charge in [0.05, 0.1) is 4.90 Å². The second-order valence-electron chi connectivity index (χ2n) is 8.73. The molecule has 172 valence electrons. The number of anilines is 1. The molecule has 2 aromatic rings. The van der Waals surface area contributed by atoms with Gasteiger partial charge in [0.2, 0.25) is 15.9 Å². The Morgan fingerprint density at radius 1 is 1.12 bits per heavy atom. The molecule has 1 aliphatic rings. The Bertz CT molecular complexity index is 1110. The van der Waals surface area contributed by atoms with Gasteiger partial charge in [0.15, 0.2) is 0 Å². The molecule has 32 heavy (non-hydrogen) atoms. The molecule has 8 heteroatoms. The van der Waals surface area contributed by atoms with E-state index in [4.69, 9.17) is 4.74 Å². The third-order valence-electron chi connectivity index (χ3n) is 6.03. The van der Waals surface area contributed by atoms with Crippen LogP contribution >= 0.6 is 0 Å². The first-order valence-corrected chi connectivity index (χ1v) is 12.1. The van der Waals surface area contributed by atoms with Gasteiger partial charge in [0.1, 0.15) is 12.0 Å². The molecule has 2 atom stereocenters. The minimum Gasteiger partial charge on any atom is -0.464 e. The van der Waals surface area contributed by atoms with E-state index in [2.05, 4.69) is 4.72 Å². The SMILES string of the molecule is CC(=O)OCC1(CC(NS(=O)(=O)c2ccc(C)cc2)C(C)C)C(=O)N(C)c2ccccc21. The lowest BCUT2D eigenvalue weighted by atomic mass is 9.75. The standard InChI is InChI=1S/C24H30N2O5S/c1-16(2)21(25-32(29,30)19-12-10-17(3)11-13-19)14-24(15-31-18(4)27)20-8-6-7-9-22(20)26(5)23(24)28/h6-13,16,21,25H,14-15H2,1-5H3. The highest BCUT2D eigenvalue weighted by Gasteiger charge is 2.52. The number of amides is 1. The number of rotatable bonds is 8. The Morgan fingerprint density at radius 2 is 1.75 bits per heavy atom. The van der Waals surface area contributed by atoms with Crippen LogP contribution in [0.2, 0.25) is 0 Å². The van der Waals surface area contributed by atoms with Crippen molar-refractivity contribution in [1.29, 1.82) is 0 Å². The third-order valence-corrected chi connectivity index (χ3v) is 7.53. The molecule has 3 rings (SSSR count). The Morgan fingerprint density at radius 3 is 2.34 bits per heavy atom. The van der Waals surface area contributed by atoms with Crippen molar-refractivity contribution in [3.8, 4) is 0 Å². The van der Waals surface area contributed by atoms with Gasteiger partial charge in [-0.25, -0.2) is 13.1 Å². The van der Waals surface area contributed by atoms with Gasteiger partial charge >= 0.3 is 5.97 Å². The van der Waals surface area contributed by atoms with Crippen LogP contribution in [0.4, 0.5) is 5.69 Å². The third kappa shape index (κ3) is 4.56. The molecule has 0 fully saturated rings. The zero-order chi connectivity index (χ0) is 23.7. The number of nitrogens with zero attached hydrogens (tertiary/aromatic N) is 1. The van der Waals surface area contributed by atoms with Gasteiger partial charge in [0, 0.05) is 25.7 Å². The predicted octanol–water partition coefficient (Wildman–Crippen LogP) is 3.17. The van der Waals surface area contributed by atoms with Crippen molar-refractivity contribution in [3.63, 3.8) is 0 Å². The Kier molecular flexibility index (Phi) is 6.76. The predicted molar refractivity (Wildman–Crippen MR) is 123 cm³/mol. The number of esters is 1. The largest absolute Gasteiger partial charge is 0.464 e. The Hall–Kier alpha value is -2.71. The molecule has 0 radical (unpaired) electrons. The van der Waals surface area contributed by atoms with Crippen LogP contribution in [0.25, 0.3) is 0 Å². The number of nitrogens with one attached hydrogen (secondary N) is 1. The van der Waals surface area contributed by atoms with Crippen molar-refractivity contribution >= 4 is 27.6 Å². The number of para-hydroxylation sites is 1. The number of likely N-dealkylation sites (N-methyl/N-ethyl adjacent to an activating group) is 1. The summed E-state index contributed by atoms with van der Waals surface area (Å²) in [6.07, 6.45) is 0.156. The summed E-state index contributed by atoms with van der Waals surface area (Å²) in [5.41, 5.74) is 1.24. The molecular weight excluding hydrogens is 428 g/mol. The average Bonchev–Trinajstić information content (AvgIpc) is 2.94. The van der Waals surface area contributed by atoms with Gasteiger partial charge < -0.3 is 9.64 Å². The van der Waals surface area contributed by atoms with E-state index >= 15 is 0 Å². The first kappa shape index (κ1) is 23.9. The molecule has 0 saturated heterocycles. The minimum atomic E-state index is -3.81. The van der Waals surface area contributed by atoms with E-state index in [1.165, 1.54) is 6.92 Å². The number of sulfonamides is 1. The van der Waals surface area contributed by atoms with Crippen LogP contribution in [0.5, 0.6) is 0 Å². The Balaban J connectivity index is 2.01. The van der Waals surface area contributed by atoms with E-state index in [1.54, 1.807) is 36.2 Å². The maximum atomic E-state index is 13.5. The number of fused-ring (bicyclic) bond motifs is 1. The molecule has 2 aromatic carbocycles. The van der Waals surface area contributed by atoms with Gasteiger partial charge in [-0.15, -0.1) is 0 Å². The molecule has 0 bridgehead atoms. The average molecular weight is 459 g/mol. The quantitative estimate of drug-likeness (QED) is 0.614. The fraction of sp³-hybridized carbons (Fsp3) is 0.417. The summed E-state index contributed by atoms with van der Waals surface area (Å²) >= 11 is 0. The number of carbonyl (C=O) groups is 2. The summed E-state index contributed by atoms with van der Waals surface area (Å²) in [6.45, 7) is 6.83. The van der Waals surface area contributed by atoms with Crippen molar-refractivity contribution in [2.75, 3.05) is 18.6 Å². The lowest BCUT2D eigenvalue weighted by molar-refractivity contribution is -0.144. The highest BCUT2D eigenvalue weighted by Crippen LogP contribution is 2.45. The van der Waals surface area contributed by atoms with Crippen LogP contribution in [-0.2, 0) is 29.8 Å². The summed E-state index contributed by atoms with van der Waals surface area (Å²) in [5.74, 6) is -0.832. The number of ether oxygens (including phenoxy) is 1. The van der Waals surface area contributed by atoms with Crippen LogP contribution in [0.15, 0.2) is 53.4 Å². The maximum absolute atomic E-state index is 13.5. The topological polar surface area (TPSA) is 92.8 Å². The molecule has 7 nitrogen and oxygen atoms in total. The lowest BCUT2D eigenvalue weighted by Gasteiger charge is -2.33. The molecule has 0 spiro atoms. The lowest BCUT2D eigenvalue weighted by Crippen LogP contribution is -2.50. The molecular formula is C24H30N2O5S. The zero-order valence-corrected chi connectivity index (χ0v) is 19.9. The Labute approximate surface area is 189 Å². The highest BCUT2D eigenvalue weighted by molar-refractivity contribution is 7.89. The summed E-state index contributed by atoms with van der Waals surface area (Å²) in [4.78, 5) is 26.8. The summed E-state index contributed by atoms with van der Waals surface area (Å²) in [7, 11) is -2.13. The maximum Gasteiger partial charge on any atom is 0.302 e. The molecule has 2 unspecified atom stereocenters. The number of hydrogen-bond donors (Lipinski definition) is 1. The van der Waals surface area contributed by atoms with E-state index < -0.39 is 27.4 Å². The number of benzene rings is 2. The second-order valence-corrected chi connectivity index (χ2v) is 10.4. The van der Waals surface area contributed by atoms with Crippen molar-refractivity contribution < 1.29 is 22.7 Å². The fourth-order valence-corrected chi connectivity index (χ4v) is 5.50. The second kappa shape index (κ2) is 9.03. The van der Waals surface area contributed by atoms with E-state index in [0.29, 0.717) is 0 Å². The van der Waals surface area contributed by atoms with Crippen LogP contribution < -0.4 is 9.62 Å². The summed E-state index contributed by atoms with van der Waals surface area (Å²) < 4.78 is 34.3. The van der Waals surface area contributed by atoms with E-state index in [1.807, 2.05) is 45.0 Å². The number of hydrogen-bond acceptors (Lipinski definition) is 5. The van der Waals surface area contributed by atoms with Gasteiger partial charge in [-0.05, 0) is 43.0 Å². The fourth-order valence-electron chi connectivity index (χ4n) is 4.11. The van der Waals surface area contributed by atoms with Gasteiger partial charge in [-0.3, -0.25) is 9.59 Å². The monoisotopic (exact) mass is 458 g/mol. The molecule has 0 aliphatic carbocycles. The molecule has 0 saturated carbocycles. The van der Waals surface area contributed by atoms with Crippen molar-refractivity contribution in [1.82, 2.24) is 4.72 Å². The van der Waals surface area contributed by atoms with Crippen LogP contribution in [0, 0.1) is 12.8 Å². The van der Waals surface area contributed by atoms with Crippen molar-refractivity contribution in [2.24, 2.45) is 5.92 Å². The van der Waals surface area contributed by atoms with Gasteiger partial charge in [0.25, 0.3) is 0 Å². The molecule has 1 aliphatic heterocycles. The van der Waals surface area contributed by atoms with Crippen LogP contribution in [0.3, 0.4) is 0 Å². The first-order chi connectivity index (χ1) is 15.0. The van der Waals surface area contributed by atoms with Crippen molar-refractivity contribution in [3.05, 3.63) is 59.7 Å². The van der Waals surface area contributed by atoms with Gasteiger partial charge in [-0.2, -0.15) is 0 Å². The molecule has 1 amide bonds. The van der Waals surface area contributed by atoms with Gasteiger partial charge in [-0.1, -0.05) is 49.7 Å². The molecule has 0 aromatic heterocycles. The minimum absolute atomic E-state index is 0.115. The highest BCUT2D eigenvalue weighted by atomic mass is 32.2. The summed E-state index contributed by atoms with van der Waals surface area (Å²) in [6, 6.07) is 13.4. The van der Waals surface area contributed by atoms with Crippen LogP contribution in [-0.4, -0.2) is 40.0 Å². The summed E-state index contributed by atoms with van der Waals surface area (Å²) in [5, 5.41) is 0. The van der Waals surface area contributed by atoms with E-state index in [9.17, 15) is 18.0 Å². The smallest absolute Gasteiger partial charge is 0.302 e. The van der Waals surface area contributed by atoms with Crippen LogP contribution in [0.1, 0.15) is 38.3 Å². The molecule has 1 N–H and O–H groups in total. The first-order valence-electron chi connectivity index (χ1n) is 10.6. The molecule has 1 heterocycles. The normalized spacial score (nSPS) is 19.2. The zero-order valence-electron chi connectivity index (χ0n) is 19.1. The van der Waals surface area contributed by atoms with Crippen molar-refractivity contribution in [2.45, 2.75) is 50.5 Å². The number of aryl methyl sites for hydroxylation is 1. The van der Waals surface area contributed by atoms with E-state index in [0.717, 1.165) is 16.8 Å². The van der Waals surface area contributed by atoms with E-state index in [-0.39, 0.29) is 29.7 Å².